The number of rotatable bonds is 6. The SMILES string of the molecule is CC(O)CCCNS(=O)(=O)c1ccc(F)c(N)c1F. The molecule has 0 aliphatic heterocycles. The largest absolute Gasteiger partial charge is 0.394 e. The second-order valence-electron chi connectivity index (χ2n) is 4.16. The van der Waals surface area contributed by atoms with Gasteiger partial charge in [0.25, 0.3) is 0 Å². The lowest BCUT2D eigenvalue weighted by atomic mass is 10.2. The van der Waals surface area contributed by atoms with Crippen LogP contribution in [0.4, 0.5) is 14.5 Å². The molecule has 0 saturated carbocycles. The molecule has 19 heavy (non-hydrogen) atoms. The van der Waals surface area contributed by atoms with Gasteiger partial charge in [0.1, 0.15) is 16.4 Å². The highest BCUT2D eigenvalue weighted by Crippen LogP contribution is 2.22. The van der Waals surface area contributed by atoms with Crippen LogP contribution in [0.25, 0.3) is 0 Å². The summed E-state index contributed by atoms with van der Waals surface area (Å²) in [7, 11) is -4.08. The Balaban J connectivity index is 2.81. The monoisotopic (exact) mass is 294 g/mol. The zero-order valence-electron chi connectivity index (χ0n) is 10.4. The Morgan fingerprint density at radius 3 is 2.63 bits per heavy atom. The molecule has 1 rings (SSSR count). The van der Waals surface area contributed by atoms with Crippen LogP contribution in [0, 0.1) is 11.6 Å². The number of nitrogen functional groups attached to an aromatic ring is 1. The van der Waals surface area contributed by atoms with Crippen molar-refractivity contribution in [2.75, 3.05) is 12.3 Å². The molecule has 5 nitrogen and oxygen atoms in total. The van der Waals surface area contributed by atoms with Gasteiger partial charge >= 0.3 is 0 Å². The summed E-state index contributed by atoms with van der Waals surface area (Å²) in [4.78, 5) is -0.691. The molecule has 0 fully saturated rings. The van der Waals surface area contributed by atoms with Crippen LogP contribution in [-0.4, -0.2) is 26.2 Å². The molecular formula is C11H16F2N2O3S. The van der Waals surface area contributed by atoms with Gasteiger partial charge < -0.3 is 10.8 Å². The minimum Gasteiger partial charge on any atom is -0.394 e. The van der Waals surface area contributed by atoms with Gasteiger partial charge in [0.2, 0.25) is 10.0 Å². The summed E-state index contributed by atoms with van der Waals surface area (Å²) >= 11 is 0. The predicted molar refractivity (Wildman–Crippen MR) is 66.9 cm³/mol. The summed E-state index contributed by atoms with van der Waals surface area (Å²) in [6.07, 6.45) is 0.272. The van der Waals surface area contributed by atoms with E-state index in [0.29, 0.717) is 12.8 Å². The fraction of sp³-hybridized carbons (Fsp3) is 0.455. The van der Waals surface area contributed by atoms with Crippen molar-refractivity contribution in [1.29, 1.82) is 0 Å². The number of aliphatic hydroxyl groups excluding tert-OH is 1. The topological polar surface area (TPSA) is 92.4 Å². The lowest BCUT2D eigenvalue weighted by molar-refractivity contribution is 0.182. The number of anilines is 1. The van der Waals surface area contributed by atoms with Gasteiger partial charge in [-0.1, -0.05) is 0 Å². The normalized spacial score (nSPS) is 13.5. The second-order valence-corrected chi connectivity index (χ2v) is 5.90. The molecule has 4 N–H and O–H groups in total. The van der Waals surface area contributed by atoms with Gasteiger partial charge in [-0.05, 0) is 31.9 Å². The summed E-state index contributed by atoms with van der Waals surface area (Å²) < 4.78 is 52.2. The van der Waals surface area contributed by atoms with E-state index in [1.165, 1.54) is 0 Å². The molecule has 0 bridgehead atoms. The predicted octanol–water partition coefficient (Wildman–Crippen LogP) is 0.986. The van der Waals surface area contributed by atoms with Crippen molar-refractivity contribution >= 4 is 15.7 Å². The fourth-order valence-electron chi connectivity index (χ4n) is 1.44. The Hall–Kier alpha value is -1.25. The van der Waals surface area contributed by atoms with Crippen molar-refractivity contribution < 1.29 is 22.3 Å². The molecule has 1 atom stereocenters. The molecule has 0 spiro atoms. The lowest BCUT2D eigenvalue weighted by Crippen LogP contribution is -2.26. The third-order valence-electron chi connectivity index (χ3n) is 2.47. The first-order chi connectivity index (χ1) is 8.75. The highest BCUT2D eigenvalue weighted by atomic mass is 32.2. The summed E-state index contributed by atoms with van der Waals surface area (Å²) in [5, 5.41) is 9.01. The third-order valence-corrected chi connectivity index (χ3v) is 3.95. The van der Waals surface area contributed by atoms with E-state index in [0.717, 1.165) is 12.1 Å². The van der Waals surface area contributed by atoms with E-state index in [-0.39, 0.29) is 6.54 Å². The highest BCUT2D eigenvalue weighted by molar-refractivity contribution is 7.89. The van der Waals surface area contributed by atoms with Crippen molar-refractivity contribution in [3.05, 3.63) is 23.8 Å². The summed E-state index contributed by atoms with van der Waals surface area (Å²) in [5.74, 6) is -2.31. The number of sulfonamides is 1. The molecule has 0 saturated heterocycles. The van der Waals surface area contributed by atoms with Crippen molar-refractivity contribution in [3.63, 3.8) is 0 Å². The van der Waals surface area contributed by atoms with Crippen LogP contribution < -0.4 is 10.5 Å². The smallest absolute Gasteiger partial charge is 0.243 e. The minimum atomic E-state index is -4.08. The molecule has 0 heterocycles. The summed E-state index contributed by atoms with van der Waals surface area (Å²) in [5.41, 5.74) is 4.27. The molecule has 0 aliphatic rings. The maximum atomic E-state index is 13.6. The van der Waals surface area contributed by atoms with E-state index < -0.39 is 38.3 Å². The van der Waals surface area contributed by atoms with Crippen molar-refractivity contribution in [2.24, 2.45) is 0 Å². The third kappa shape index (κ3) is 4.12. The highest BCUT2D eigenvalue weighted by Gasteiger charge is 2.22. The number of hydrogen-bond donors (Lipinski definition) is 3. The molecule has 0 amide bonds. The number of nitrogens with one attached hydrogen (secondary N) is 1. The second kappa shape index (κ2) is 6.27. The van der Waals surface area contributed by atoms with Gasteiger partial charge in [0.05, 0.1) is 6.10 Å². The molecule has 8 heteroatoms. The minimum absolute atomic E-state index is 0.0456. The van der Waals surface area contributed by atoms with Crippen LogP contribution in [0.5, 0.6) is 0 Å². The molecule has 0 aliphatic carbocycles. The summed E-state index contributed by atoms with van der Waals surface area (Å²) in [6.45, 7) is 1.62. The van der Waals surface area contributed by atoms with Gasteiger partial charge in [0, 0.05) is 6.54 Å². The Morgan fingerprint density at radius 2 is 2.05 bits per heavy atom. The molecule has 108 valence electrons. The van der Waals surface area contributed by atoms with Crippen molar-refractivity contribution in [3.8, 4) is 0 Å². The van der Waals surface area contributed by atoms with Gasteiger partial charge in [-0.2, -0.15) is 0 Å². The van der Waals surface area contributed by atoms with E-state index in [1.807, 2.05) is 0 Å². The van der Waals surface area contributed by atoms with Crippen LogP contribution in [0.15, 0.2) is 17.0 Å². The average Bonchev–Trinajstić information content (AvgIpc) is 2.31. The molecular weight excluding hydrogens is 278 g/mol. The standard InChI is InChI=1S/C11H16F2N2O3S/c1-7(16)3-2-6-15-19(17,18)9-5-4-8(12)11(14)10(9)13/h4-5,7,15-16H,2-3,6,14H2,1H3. The van der Waals surface area contributed by atoms with E-state index in [4.69, 9.17) is 10.8 Å². The maximum absolute atomic E-state index is 13.6. The van der Waals surface area contributed by atoms with E-state index >= 15 is 0 Å². The van der Waals surface area contributed by atoms with Gasteiger partial charge in [-0.15, -0.1) is 0 Å². The van der Waals surface area contributed by atoms with Crippen LogP contribution in [0.1, 0.15) is 19.8 Å². The summed E-state index contributed by atoms with van der Waals surface area (Å²) in [6, 6.07) is 1.61. The number of aliphatic hydroxyl groups is 1. The number of hydrogen-bond acceptors (Lipinski definition) is 4. The number of benzene rings is 1. The van der Waals surface area contributed by atoms with Crippen LogP contribution in [0.2, 0.25) is 0 Å². The fourth-order valence-corrected chi connectivity index (χ4v) is 2.60. The van der Waals surface area contributed by atoms with Gasteiger partial charge in [-0.25, -0.2) is 21.9 Å². The molecule has 0 radical (unpaired) electrons. The zero-order chi connectivity index (χ0) is 14.6. The first-order valence-electron chi connectivity index (χ1n) is 5.67. The number of halogens is 2. The zero-order valence-corrected chi connectivity index (χ0v) is 11.2. The quantitative estimate of drug-likeness (QED) is 0.539. The first-order valence-corrected chi connectivity index (χ1v) is 7.15. The molecule has 1 aromatic carbocycles. The lowest BCUT2D eigenvalue weighted by Gasteiger charge is -2.09. The van der Waals surface area contributed by atoms with E-state index in [9.17, 15) is 17.2 Å². The van der Waals surface area contributed by atoms with Crippen LogP contribution in [0.3, 0.4) is 0 Å². The maximum Gasteiger partial charge on any atom is 0.243 e. The molecule has 0 aromatic heterocycles. The first kappa shape index (κ1) is 15.8. The average molecular weight is 294 g/mol. The van der Waals surface area contributed by atoms with Crippen molar-refractivity contribution in [2.45, 2.75) is 30.8 Å². The van der Waals surface area contributed by atoms with Gasteiger partial charge in [-0.3, -0.25) is 0 Å². The van der Waals surface area contributed by atoms with Crippen LogP contribution >= 0.6 is 0 Å². The van der Waals surface area contributed by atoms with E-state index in [1.54, 1.807) is 6.92 Å². The van der Waals surface area contributed by atoms with Crippen molar-refractivity contribution in [1.82, 2.24) is 4.72 Å². The Kier molecular flexibility index (Phi) is 5.21. The Bertz CT molecular complexity index is 547. The van der Waals surface area contributed by atoms with Crippen LogP contribution in [-0.2, 0) is 10.0 Å². The number of nitrogens with two attached hydrogens (primary N) is 1. The van der Waals surface area contributed by atoms with Gasteiger partial charge in [0.15, 0.2) is 5.82 Å². The van der Waals surface area contributed by atoms with E-state index in [2.05, 4.69) is 4.72 Å². The Labute approximate surface area is 110 Å². The Morgan fingerprint density at radius 1 is 1.42 bits per heavy atom. The molecule has 1 aromatic rings. The molecule has 1 unspecified atom stereocenters.